The molecule has 1 aromatic carbocycles. The number of hydrogen-bond acceptors (Lipinski definition) is 5. The molecule has 2 atom stereocenters. The van der Waals surface area contributed by atoms with E-state index in [4.69, 9.17) is 16.6 Å². The van der Waals surface area contributed by atoms with E-state index in [1.165, 1.54) is 0 Å². The van der Waals surface area contributed by atoms with Gasteiger partial charge in [0.15, 0.2) is 0 Å². The van der Waals surface area contributed by atoms with Gasteiger partial charge in [-0.25, -0.2) is 4.98 Å². The highest BCUT2D eigenvalue weighted by molar-refractivity contribution is 6.30. The van der Waals surface area contributed by atoms with Crippen molar-refractivity contribution >= 4 is 23.3 Å². The molecule has 6 nitrogen and oxygen atoms in total. The summed E-state index contributed by atoms with van der Waals surface area (Å²) in [5.74, 6) is 0. The number of aliphatic hydroxyl groups is 1. The van der Waals surface area contributed by atoms with E-state index in [1.807, 2.05) is 42.9 Å². The van der Waals surface area contributed by atoms with Gasteiger partial charge >= 0.3 is 0 Å². The van der Waals surface area contributed by atoms with Crippen LogP contribution in [0.1, 0.15) is 41.0 Å². The second-order valence-corrected chi connectivity index (χ2v) is 9.41. The number of benzene rings is 1. The molecule has 0 bridgehead atoms. The lowest BCUT2D eigenvalue weighted by molar-refractivity contribution is 0.114. The summed E-state index contributed by atoms with van der Waals surface area (Å²) in [6.45, 7) is 5.75. The van der Waals surface area contributed by atoms with Crippen LogP contribution in [0.3, 0.4) is 0 Å². The number of piperazine rings is 1. The second kappa shape index (κ2) is 8.12. The zero-order chi connectivity index (χ0) is 22.5. The second-order valence-electron chi connectivity index (χ2n) is 8.97. The average Bonchev–Trinajstić information content (AvgIpc) is 3.16. The molecular formula is C25H28ClN5O. The predicted octanol–water partition coefficient (Wildman–Crippen LogP) is 3.57. The summed E-state index contributed by atoms with van der Waals surface area (Å²) in [5.41, 5.74) is 4.34. The lowest BCUT2D eigenvalue weighted by Gasteiger charge is -2.39. The molecule has 0 radical (unpaired) electrons. The van der Waals surface area contributed by atoms with Crippen LogP contribution in [0.15, 0.2) is 49.1 Å². The molecular weight excluding hydrogens is 422 g/mol. The Hall–Kier alpha value is -2.51. The van der Waals surface area contributed by atoms with Gasteiger partial charge in [0.2, 0.25) is 0 Å². The van der Waals surface area contributed by atoms with E-state index in [1.54, 1.807) is 12.5 Å². The van der Waals surface area contributed by atoms with Crippen LogP contribution in [0.5, 0.6) is 0 Å². The van der Waals surface area contributed by atoms with E-state index in [-0.39, 0.29) is 6.04 Å². The number of pyridine rings is 1. The van der Waals surface area contributed by atoms with Crippen molar-refractivity contribution in [3.05, 3.63) is 82.2 Å². The summed E-state index contributed by atoms with van der Waals surface area (Å²) >= 11 is 6.50. The van der Waals surface area contributed by atoms with Crippen LogP contribution >= 0.6 is 11.6 Å². The first-order valence-corrected chi connectivity index (χ1v) is 11.3. The van der Waals surface area contributed by atoms with Crippen molar-refractivity contribution in [3.63, 3.8) is 0 Å². The highest BCUT2D eigenvalue weighted by atomic mass is 35.5. The molecule has 1 aliphatic heterocycles. The van der Waals surface area contributed by atoms with Crippen molar-refractivity contribution in [2.75, 3.05) is 33.2 Å². The SMILES string of the molecule is CN1CCN(C2c3ccc(Cl)cc3C([C@@](C)(O)c3cncn3C)=Cc3cccnc32)CC1. The molecule has 32 heavy (non-hydrogen) atoms. The van der Waals surface area contributed by atoms with Crippen LogP contribution in [-0.4, -0.2) is 62.7 Å². The van der Waals surface area contributed by atoms with Crippen LogP contribution in [0, 0.1) is 0 Å². The van der Waals surface area contributed by atoms with Crippen molar-refractivity contribution in [3.8, 4) is 0 Å². The minimum absolute atomic E-state index is 0.0109. The zero-order valence-corrected chi connectivity index (χ0v) is 19.4. The molecule has 2 aliphatic rings. The summed E-state index contributed by atoms with van der Waals surface area (Å²) in [5, 5.41) is 12.5. The Balaban J connectivity index is 1.75. The van der Waals surface area contributed by atoms with Gasteiger partial charge in [-0.3, -0.25) is 9.88 Å². The number of rotatable bonds is 3. The molecule has 1 fully saturated rings. The monoisotopic (exact) mass is 449 g/mol. The van der Waals surface area contributed by atoms with Gasteiger partial charge in [-0.15, -0.1) is 0 Å². The molecule has 0 amide bonds. The normalized spacial score (nSPS) is 21.3. The first-order chi connectivity index (χ1) is 15.4. The van der Waals surface area contributed by atoms with Gasteiger partial charge in [0.1, 0.15) is 5.60 Å². The predicted molar refractivity (Wildman–Crippen MR) is 127 cm³/mol. The Labute approximate surface area is 193 Å². The van der Waals surface area contributed by atoms with Crippen molar-refractivity contribution in [1.29, 1.82) is 0 Å². The smallest absolute Gasteiger partial charge is 0.129 e. The van der Waals surface area contributed by atoms with E-state index >= 15 is 0 Å². The fourth-order valence-electron chi connectivity index (χ4n) is 4.98. The van der Waals surface area contributed by atoms with E-state index in [0.29, 0.717) is 5.02 Å². The Morgan fingerprint density at radius 2 is 1.91 bits per heavy atom. The number of likely N-dealkylation sites (N-methyl/N-ethyl adjacent to an activating group) is 1. The molecule has 1 aliphatic carbocycles. The number of imidazole rings is 1. The Morgan fingerprint density at radius 3 is 2.62 bits per heavy atom. The molecule has 0 spiro atoms. The highest BCUT2D eigenvalue weighted by Gasteiger charge is 2.38. The summed E-state index contributed by atoms with van der Waals surface area (Å²) < 4.78 is 1.86. The van der Waals surface area contributed by atoms with Crippen LogP contribution in [0.25, 0.3) is 11.6 Å². The average molecular weight is 450 g/mol. The Bertz CT molecular complexity index is 1180. The molecule has 1 saturated heterocycles. The third kappa shape index (κ3) is 3.57. The van der Waals surface area contributed by atoms with Gasteiger partial charge < -0.3 is 14.6 Å². The lowest BCUT2D eigenvalue weighted by Crippen LogP contribution is -2.46. The minimum atomic E-state index is -1.27. The summed E-state index contributed by atoms with van der Waals surface area (Å²) in [4.78, 5) is 13.9. The fraction of sp³-hybridized carbons (Fsp3) is 0.360. The van der Waals surface area contributed by atoms with Crippen LogP contribution in [0.4, 0.5) is 0 Å². The molecule has 0 saturated carbocycles. The van der Waals surface area contributed by atoms with E-state index in [2.05, 4.69) is 40.0 Å². The van der Waals surface area contributed by atoms with Gasteiger partial charge in [0.05, 0.1) is 30.0 Å². The molecule has 2 aromatic heterocycles. The zero-order valence-electron chi connectivity index (χ0n) is 18.7. The summed E-state index contributed by atoms with van der Waals surface area (Å²) in [7, 11) is 4.06. The molecule has 7 heteroatoms. The minimum Gasteiger partial charge on any atom is -0.379 e. The number of fused-ring (bicyclic) bond motifs is 2. The summed E-state index contributed by atoms with van der Waals surface area (Å²) in [6.07, 6.45) is 7.36. The number of nitrogens with zero attached hydrogens (tertiary/aromatic N) is 5. The van der Waals surface area contributed by atoms with E-state index < -0.39 is 5.60 Å². The largest absolute Gasteiger partial charge is 0.379 e. The number of aryl methyl sites for hydroxylation is 1. The Morgan fingerprint density at radius 1 is 1.12 bits per heavy atom. The quantitative estimate of drug-likeness (QED) is 0.662. The maximum atomic E-state index is 11.9. The number of hydrogen-bond donors (Lipinski definition) is 1. The number of halogens is 1. The maximum absolute atomic E-state index is 11.9. The molecule has 3 heterocycles. The third-order valence-corrected chi connectivity index (χ3v) is 7.01. The van der Waals surface area contributed by atoms with Gasteiger partial charge in [-0.1, -0.05) is 23.7 Å². The Kier molecular flexibility index (Phi) is 5.42. The topological polar surface area (TPSA) is 57.4 Å². The molecule has 1 N–H and O–H groups in total. The first-order valence-electron chi connectivity index (χ1n) is 10.9. The molecule has 166 valence electrons. The standard InChI is InChI=1S/C25H28ClN5O/c1-25(32,22-15-27-16-30(22)3)21-13-17-5-4-8-28-23(17)24(31-11-9-29(2)10-12-31)19-7-6-18(26)14-20(19)21/h4-8,13-16,24,32H,9-12H2,1-3H3/t24?,25-/m1/s1. The molecule has 5 rings (SSSR count). The van der Waals surface area contributed by atoms with Gasteiger partial charge in [-0.2, -0.15) is 0 Å². The van der Waals surface area contributed by atoms with Crippen LogP contribution < -0.4 is 0 Å². The maximum Gasteiger partial charge on any atom is 0.129 e. The first kappa shape index (κ1) is 21.3. The molecule has 3 aromatic rings. The van der Waals surface area contributed by atoms with Crippen molar-refractivity contribution < 1.29 is 5.11 Å². The van der Waals surface area contributed by atoms with E-state index in [0.717, 1.165) is 59.8 Å². The molecule has 1 unspecified atom stereocenters. The lowest BCUT2D eigenvalue weighted by atomic mass is 9.84. The van der Waals surface area contributed by atoms with E-state index in [9.17, 15) is 5.11 Å². The van der Waals surface area contributed by atoms with Crippen molar-refractivity contribution in [2.45, 2.75) is 18.6 Å². The number of aromatic nitrogens is 3. The van der Waals surface area contributed by atoms with Crippen LogP contribution in [-0.2, 0) is 12.6 Å². The van der Waals surface area contributed by atoms with Crippen molar-refractivity contribution in [2.24, 2.45) is 7.05 Å². The third-order valence-electron chi connectivity index (χ3n) is 6.77. The summed E-state index contributed by atoms with van der Waals surface area (Å²) in [6, 6.07) is 10.0. The van der Waals surface area contributed by atoms with Gasteiger partial charge in [0.25, 0.3) is 0 Å². The fourth-order valence-corrected chi connectivity index (χ4v) is 5.15. The van der Waals surface area contributed by atoms with Gasteiger partial charge in [0, 0.05) is 44.4 Å². The van der Waals surface area contributed by atoms with Crippen molar-refractivity contribution in [1.82, 2.24) is 24.3 Å². The highest BCUT2D eigenvalue weighted by Crippen LogP contribution is 2.46. The van der Waals surface area contributed by atoms with Crippen LogP contribution in [0.2, 0.25) is 5.02 Å². The van der Waals surface area contributed by atoms with Gasteiger partial charge in [-0.05, 0) is 60.5 Å².